The third-order valence-electron chi connectivity index (χ3n) is 2.23. The average molecular weight is 312 g/mol. The van der Waals surface area contributed by atoms with Gasteiger partial charge in [-0.15, -0.1) is 0 Å². The molecule has 19 heavy (non-hydrogen) atoms. The second-order valence-corrected chi connectivity index (χ2v) is 3.47. The molecule has 0 bridgehead atoms. The first-order valence-electron chi connectivity index (χ1n) is 4.02. The highest BCUT2D eigenvalue weighted by Crippen LogP contribution is 2.65. The molecule has 1 aliphatic rings. The Morgan fingerprint density at radius 1 is 0.526 bits per heavy atom. The van der Waals surface area contributed by atoms with E-state index < -0.39 is 41.3 Å². The summed E-state index contributed by atoms with van der Waals surface area (Å²) in [5, 5.41) is 0. The highest BCUT2D eigenvalue weighted by atomic mass is 19.4. The molecule has 0 aromatic carbocycles. The van der Waals surface area contributed by atoms with Crippen molar-refractivity contribution in [2.24, 2.45) is 0 Å². The summed E-state index contributed by atoms with van der Waals surface area (Å²) in [5.74, 6) is -20.2. The van der Waals surface area contributed by atoms with E-state index in [1.165, 1.54) is 0 Å². The molecule has 0 amide bonds. The summed E-state index contributed by atoms with van der Waals surface area (Å²) < 4.78 is 148. The normalized spacial score (nSPS) is 25.9. The molecule has 0 N–H and O–H groups in total. The van der Waals surface area contributed by atoms with Crippen LogP contribution in [0.15, 0.2) is 11.1 Å². The maximum absolute atomic E-state index is 12.7. The molecule has 0 nitrogen and oxygen atoms in total. The number of halogens is 12. The minimum atomic E-state index is -6.84. The van der Waals surface area contributed by atoms with Crippen LogP contribution in [0.2, 0.25) is 0 Å². The topological polar surface area (TPSA) is 0 Å². The Morgan fingerprint density at radius 3 is 0.895 bits per heavy atom. The molecule has 0 aromatic rings. The standard InChI is InChI=1S/C7F12/c8-3(9)1(5(12,13)14)2(6(15,16)17)4(10,11)7(3,18)19. The Morgan fingerprint density at radius 2 is 0.737 bits per heavy atom. The Balaban J connectivity index is 3.82. The van der Waals surface area contributed by atoms with Crippen molar-refractivity contribution in [2.75, 3.05) is 0 Å². The Hall–Kier alpha value is -1.10. The molecule has 0 atom stereocenters. The summed E-state index contributed by atoms with van der Waals surface area (Å²) >= 11 is 0. The number of rotatable bonds is 0. The lowest BCUT2D eigenvalue weighted by molar-refractivity contribution is -0.280. The van der Waals surface area contributed by atoms with Crippen LogP contribution in [0.5, 0.6) is 0 Å². The fourth-order valence-corrected chi connectivity index (χ4v) is 1.46. The molecule has 112 valence electrons. The van der Waals surface area contributed by atoms with Gasteiger partial charge in [0.25, 0.3) is 0 Å². The van der Waals surface area contributed by atoms with Gasteiger partial charge in [-0.2, -0.15) is 52.7 Å². The molecule has 0 saturated carbocycles. The van der Waals surface area contributed by atoms with Gasteiger partial charge in [0.05, 0.1) is 0 Å². The lowest BCUT2D eigenvalue weighted by atomic mass is 10.1. The van der Waals surface area contributed by atoms with Crippen molar-refractivity contribution in [1.82, 2.24) is 0 Å². The first kappa shape index (κ1) is 16.0. The van der Waals surface area contributed by atoms with Crippen LogP contribution < -0.4 is 0 Å². The van der Waals surface area contributed by atoms with Crippen molar-refractivity contribution in [2.45, 2.75) is 30.1 Å². The maximum atomic E-state index is 12.7. The van der Waals surface area contributed by atoms with E-state index in [4.69, 9.17) is 0 Å². The first-order chi connectivity index (χ1) is 7.99. The Kier molecular flexibility index (Phi) is 2.95. The van der Waals surface area contributed by atoms with Crippen LogP contribution in [-0.4, -0.2) is 30.1 Å². The molecule has 1 aliphatic carbocycles. The van der Waals surface area contributed by atoms with E-state index in [1.807, 2.05) is 0 Å². The van der Waals surface area contributed by atoms with Gasteiger partial charge in [-0.3, -0.25) is 0 Å². The molecule has 0 aromatic heterocycles. The SMILES string of the molecule is FC(F)(F)C1=C(C(F)(F)F)C(F)(F)C(F)(F)C1(F)F. The summed E-state index contributed by atoms with van der Waals surface area (Å²) in [7, 11) is 0. The predicted octanol–water partition coefficient (Wildman–Crippen LogP) is 4.33. The lowest BCUT2D eigenvalue weighted by Gasteiger charge is -2.26. The van der Waals surface area contributed by atoms with Gasteiger partial charge in [-0.05, 0) is 0 Å². The molecule has 0 spiro atoms. The molecule has 0 unspecified atom stereocenters. The highest BCUT2D eigenvalue weighted by molar-refractivity contribution is 5.45. The molecule has 0 radical (unpaired) electrons. The molecule has 1 rings (SSSR count). The predicted molar refractivity (Wildman–Crippen MR) is 34.0 cm³/mol. The van der Waals surface area contributed by atoms with E-state index in [1.54, 1.807) is 0 Å². The lowest BCUT2D eigenvalue weighted by Crippen LogP contribution is -2.51. The van der Waals surface area contributed by atoms with Crippen molar-refractivity contribution in [3.63, 3.8) is 0 Å². The molecule has 0 aliphatic heterocycles. The van der Waals surface area contributed by atoms with Gasteiger partial charge in [0.2, 0.25) is 0 Å². The van der Waals surface area contributed by atoms with E-state index in [0.717, 1.165) is 0 Å². The summed E-state index contributed by atoms with van der Waals surface area (Å²) in [6.07, 6.45) is -13.4. The van der Waals surface area contributed by atoms with Crippen molar-refractivity contribution < 1.29 is 52.7 Å². The van der Waals surface area contributed by atoms with Crippen LogP contribution in [0.3, 0.4) is 0 Å². The molecule has 0 heterocycles. The van der Waals surface area contributed by atoms with Crippen LogP contribution in [-0.2, 0) is 0 Å². The quantitative estimate of drug-likeness (QED) is 0.461. The Labute approximate surface area is 95.2 Å². The van der Waals surface area contributed by atoms with Gasteiger partial charge >= 0.3 is 30.1 Å². The van der Waals surface area contributed by atoms with Crippen molar-refractivity contribution >= 4 is 0 Å². The molecular formula is C7F12. The van der Waals surface area contributed by atoms with Crippen LogP contribution in [0.4, 0.5) is 52.7 Å². The second kappa shape index (κ2) is 3.51. The summed E-state index contributed by atoms with van der Waals surface area (Å²) in [4.78, 5) is 0. The average Bonchev–Trinajstić information content (AvgIpc) is 2.18. The van der Waals surface area contributed by atoms with Gasteiger partial charge in [-0.1, -0.05) is 0 Å². The third-order valence-corrected chi connectivity index (χ3v) is 2.23. The van der Waals surface area contributed by atoms with Gasteiger partial charge in [-0.25, -0.2) is 0 Å². The van der Waals surface area contributed by atoms with Crippen LogP contribution in [0.1, 0.15) is 0 Å². The third kappa shape index (κ3) is 1.86. The first-order valence-corrected chi connectivity index (χ1v) is 4.02. The van der Waals surface area contributed by atoms with E-state index >= 15 is 0 Å². The zero-order valence-corrected chi connectivity index (χ0v) is 8.04. The van der Waals surface area contributed by atoms with Crippen molar-refractivity contribution in [1.29, 1.82) is 0 Å². The van der Waals surface area contributed by atoms with E-state index in [-0.39, 0.29) is 0 Å². The van der Waals surface area contributed by atoms with Gasteiger partial charge in [0, 0.05) is 0 Å². The number of hydrogen-bond donors (Lipinski definition) is 0. The fourth-order valence-electron chi connectivity index (χ4n) is 1.46. The summed E-state index contributed by atoms with van der Waals surface area (Å²) in [5.41, 5.74) is -8.55. The largest absolute Gasteiger partial charge is 0.419 e. The maximum Gasteiger partial charge on any atom is 0.419 e. The van der Waals surface area contributed by atoms with E-state index in [9.17, 15) is 52.7 Å². The Bertz CT molecular complexity index is 380. The van der Waals surface area contributed by atoms with Crippen LogP contribution in [0, 0.1) is 0 Å². The van der Waals surface area contributed by atoms with E-state index in [2.05, 4.69) is 0 Å². The molecular weight excluding hydrogens is 312 g/mol. The van der Waals surface area contributed by atoms with Crippen LogP contribution in [0.25, 0.3) is 0 Å². The molecule has 12 heteroatoms. The number of allylic oxidation sites excluding steroid dienone is 2. The monoisotopic (exact) mass is 312 g/mol. The zero-order valence-electron chi connectivity index (χ0n) is 8.04. The molecule has 0 fully saturated rings. The minimum Gasteiger partial charge on any atom is -0.194 e. The van der Waals surface area contributed by atoms with Gasteiger partial charge in [0.1, 0.15) is 11.1 Å². The van der Waals surface area contributed by atoms with Crippen LogP contribution >= 0.6 is 0 Å². The minimum absolute atomic E-state index is 4.28. The highest BCUT2D eigenvalue weighted by Gasteiger charge is 2.86. The number of alkyl halides is 12. The summed E-state index contributed by atoms with van der Waals surface area (Å²) in [6, 6.07) is 0. The van der Waals surface area contributed by atoms with Gasteiger partial charge < -0.3 is 0 Å². The fraction of sp³-hybridized carbons (Fsp3) is 0.714. The number of hydrogen-bond acceptors (Lipinski definition) is 0. The second-order valence-electron chi connectivity index (χ2n) is 3.47. The van der Waals surface area contributed by atoms with Crippen molar-refractivity contribution in [3.8, 4) is 0 Å². The van der Waals surface area contributed by atoms with E-state index in [0.29, 0.717) is 0 Å². The zero-order chi connectivity index (χ0) is 15.7. The molecule has 0 saturated heterocycles. The summed E-state index contributed by atoms with van der Waals surface area (Å²) in [6.45, 7) is 0. The van der Waals surface area contributed by atoms with Gasteiger partial charge in [0.15, 0.2) is 0 Å². The van der Waals surface area contributed by atoms with Crippen molar-refractivity contribution in [3.05, 3.63) is 11.1 Å². The smallest absolute Gasteiger partial charge is 0.194 e.